The number of rotatable bonds is 5. The molecule has 1 rings (SSSR count). The first-order valence-electron chi connectivity index (χ1n) is 4.72. The minimum Gasteiger partial charge on any atom is -0.481 e. The number of halogens is 1. The molecule has 6 nitrogen and oxygen atoms in total. The highest BCUT2D eigenvalue weighted by Gasteiger charge is 2.16. The summed E-state index contributed by atoms with van der Waals surface area (Å²) < 4.78 is 30.8. The Hall–Kier alpha value is -0.890. The third-order valence-corrected chi connectivity index (χ3v) is 3.51. The fraction of sp³-hybridized carbons (Fsp3) is 0.444. The van der Waals surface area contributed by atoms with E-state index in [0.717, 1.165) is 0 Å². The van der Waals surface area contributed by atoms with Crippen molar-refractivity contribution >= 4 is 22.4 Å². The first-order chi connectivity index (χ1) is 7.49. The first kappa shape index (κ1) is 16.1. The highest BCUT2D eigenvalue weighted by molar-refractivity contribution is 7.89. The Kier molecular flexibility index (Phi) is 6.40. The minimum absolute atomic E-state index is 0. The van der Waals surface area contributed by atoms with Gasteiger partial charge in [0, 0.05) is 18.7 Å². The molecule has 1 heterocycles. The van der Waals surface area contributed by atoms with Gasteiger partial charge in [-0.15, -0.1) is 12.4 Å². The van der Waals surface area contributed by atoms with Crippen LogP contribution in [0.1, 0.15) is 6.92 Å². The quantitative estimate of drug-likeness (QED) is 0.800. The monoisotopic (exact) mass is 281 g/mol. The maximum absolute atomic E-state index is 11.8. The molecule has 0 aliphatic heterocycles. The number of ether oxygens (including phenoxy) is 1. The SMILES string of the molecule is COc1ccc(S(=O)(=O)N[C@H](C)CN)cn1.Cl. The van der Waals surface area contributed by atoms with E-state index >= 15 is 0 Å². The Labute approximate surface area is 107 Å². The second-order valence-electron chi connectivity index (χ2n) is 3.29. The summed E-state index contributed by atoms with van der Waals surface area (Å²) in [5.74, 6) is 0.367. The second kappa shape index (κ2) is 6.75. The number of nitrogens with one attached hydrogen (secondary N) is 1. The van der Waals surface area contributed by atoms with Gasteiger partial charge in [0.15, 0.2) is 0 Å². The Bertz CT molecular complexity index is 435. The lowest BCUT2D eigenvalue weighted by Gasteiger charge is -2.11. The van der Waals surface area contributed by atoms with Crippen LogP contribution in [0.25, 0.3) is 0 Å². The fourth-order valence-electron chi connectivity index (χ4n) is 1.03. The zero-order chi connectivity index (χ0) is 12.2. The van der Waals surface area contributed by atoms with Crippen LogP contribution in [0.3, 0.4) is 0 Å². The van der Waals surface area contributed by atoms with Gasteiger partial charge in [-0.2, -0.15) is 0 Å². The maximum Gasteiger partial charge on any atom is 0.242 e. The lowest BCUT2D eigenvalue weighted by Crippen LogP contribution is -2.37. The molecule has 0 saturated heterocycles. The lowest BCUT2D eigenvalue weighted by molar-refractivity contribution is 0.397. The molecule has 0 fully saturated rings. The Morgan fingerprint density at radius 1 is 1.53 bits per heavy atom. The van der Waals surface area contributed by atoms with Gasteiger partial charge in [0.25, 0.3) is 0 Å². The van der Waals surface area contributed by atoms with Crippen LogP contribution >= 0.6 is 12.4 Å². The van der Waals surface area contributed by atoms with E-state index < -0.39 is 10.0 Å². The van der Waals surface area contributed by atoms with Crippen LogP contribution in [0.15, 0.2) is 23.2 Å². The molecule has 1 aromatic rings. The molecule has 0 aliphatic carbocycles. The van der Waals surface area contributed by atoms with Crippen molar-refractivity contribution in [2.24, 2.45) is 5.73 Å². The van der Waals surface area contributed by atoms with Crippen LogP contribution in [0.2, 0.25) is 0 Å². The summed E-state index contributed by atoms with van der Waals surface area (Å²) in [6.07, 6.45) is 1.24. The number of hydrogen-bond donors (Lipinski definition) is 2. The number of hydrogen-bond acceptors (Lipinski definition) is 5. The normalized spacial score (nSPS) is 12.6. The van der Waals surface area contributed by atoms with Crippen molar-refractivity contribution in [1.29, 1.82) is 0 Å². The number of methoxy groups -OCH3 is 1. The average Bonchev–Trinajstić information content (AvgIpc) is 2.28. The van der Waals surface area contributed by atoms with Gasteiger partial charge in [0.05, 0.1) is 13.3 Å². The lowest BCUT2D eigenvalue weighted by atomic mass is 10.4. The van der Waals surface area contributed by atoms with Crippen LogP contribution < -0.4 is 15.2 Å². The molecule has 98 valence electrons. The fourth-order valence-corrected chi connectivity index (χ4v) is 2.23. The molecule has 0 aromatic carbocycles. The van der Waals surface area contributed by atoms with Crippen molar-refractivity contribution in [2.45, 2.75) is 17.9 Å². The zero-order valence-corrected chi connectivity index (χ0v) is 11.2. The number of aromatic nitrogens is 1. The molecule has 0 amide bonds. The summed E-state index contributed by atoms with van der Waals surface area (Å²) in [5.41, 5.74) is 5.34. The number of sulfonamides is 1. The van der Waals surface area contributed by atoms with Gasteiger partial charge in [-0.05, 0) is 13.0 Å². The number of pyridine rings is 1. The maximum atomic E-state index is 11.8. The van der Waals surface area contributed by atoms with Gasteiger partial charge < -0.3 is 10.5 Å². The molecule has 3 N–H and O–H groups in total. The van der Waals surface area contributed by atoms with E-state index in [0.29, 0.717) is 5.88 Å². The molecule has 1 atom stereocenters. The van der Waals surface area contributed by atoms with Crippen molar-refractivity contribution < 1.29 is 13.2 Å². The zero-order valence-electron chi connectivity index (χ0n) is 9.58. The van der Waals surface area contributed by atoms with Gasteiger partial charge in [-0.1, -0.05) is 0 Å². The standard InChI is InChI=1S/C9H15N3O3S.ClH/c1-7(5-10)12-16(13,14)8-3-4-9(15-2)11-6-8;/h3-4,6-7,12H,5,10H2,1-2H3;1H/t7-;/m1./s1. The second-order valence-corrected chi connectivity index (χ2v) is 5.01. The van der Waals surface area contributed by atoms with E-state index in [4.69, 9.17) is 10.5 Å². The van der Waals surface area contributed by atoms with Crippen molar-refractivity contribution in [3.05, 3.63) is 18.3 Å². The van der Waals surface area contributed by atoms with Gasteiger partial charge >= 0.3 is 0 Å². The minimum atomic E-state index is -3.54. The molecule has 0 aliphatic rings. The summed E-state index contributed by atoms with van der Waals surface area (Å²) in [7, 11) is -2.08. The largest absolute Gasteiger partial charge is 0.481 e. The summed E-state index contributed by atoms with van der Waals surface area (Å²) in [6.45, 7) is 1.93. The number of nitrogens with two attached hydrogens (primary N) is 1. The van der Waals surface area contributed by atoms with Crippen molar-refractivity contribution in [3.63, 3.8) is 0 Å². The molecule has 8 heteroatoms. The van der Waals surface area contributed by atoms with Crippen molar-refractivity contribution in [2.75, 3.05) is 13.7 Å². The predicted octanol–water partition coefficient (Wildman–Crippen LogP) is 0.138. The molecular weight excluding hydrogens is 266 g/mol. The highest BCUT2D eigenvalue weighted by atomic mass is 35.5. The topological polar surface area (TPSA) is 94.3 Å². The Morgan fingerprint density at radius 3 is 2.59 bits per heavy atom. The molecule has 17 heavy (non-hydrogen) atoms. The third-order valence-electron chi connectivity index (χ3n) is 1.94. The molecule has 0 unspecified atom stereocenters. The molecule has 0 saturated carbocycles. The summed E-state index contributed by atoms with van der Waals surface area (Å²) >= 11 is 0. The molecule has 0 bridgehead atoms. The molecular formula is C9H16ClN3O3S. The van der Waals surface area contributed by atoms with Gasteiger partial charge in [-0.3, -0.25) is 0 Å². The Morgan fingerprint density at radius 2 is 2.18 bits per heavy atom. The third kappa shape index (κ3) is 4.47. The van der Waals surface area contributed by atoms with Gasteiger partial charge in [0.1, 0.15) is 4.90 Å². The molecule has 1 aromatic heterocycles. The molecule has 0 spiro atoms. The van der Waals surface area contributed by atoms with Crippen molar-refractivity contribution in [1.82, 2.24) is 9.71 Å². The summed E-state index contributed by atoms with van der Waals surface area (Å²) in [4.78, 5) is 3.92. The van der Waals surface area contributed by atoms with E-state index in [1.165, 1.54) is 25.4 Å². The van der Waals surface area contributed by atoms with E-state index in [1.54, 1.807) is 6.92 Å². The smallest absolute Gasteiger partial charge is 0.242 e. The van der Waals surface area contributed by atoms with Gasteiger partial charge in [-0.25, -0.2) is 18.1 Å². The van der Waals surface area contributed by atoms with E-state index in [2.05, 4.69) is 9.71 Å². The van der Waals surface area contributed by atoms with Crippen molar-refractivity contribution in [3.8, 4) is 5.88 Å². The molecule has 0 radical (unpaired) electrons. The van der Waals surface area contributed by atoms with Crippen LogP contribution in [0.4, 0.5) is 0 Å². The van der Waals surface area contributed by atoms with Crippen LogP contribution in [-0.2, 0) is 10.0 Å². The highest BCUT2D eigenvalue weighted by Crippen LogP contribution is 2.11. The average molecular weight is 282 g/mol. The van der Waals surface area contributed by atoms with Gasteiger partial charge in [0.2, 0.25) is 15.9 Å². The predicted molar refractivity (Wildman–Crippen MR) is 66.9 cm³/mol. The van der Waals surface area contributed by atoms with Crippen LogP contribution in [-0.4, -0.2) is 33.1 Å². The first-order valence-corrected chi connectivity index (χ1v) is 6.20. The summed E-state index contributed by atoms with van der Waals surface area (Å²) in [6, 6.07) is 2.60. The number of nitrogens with zero attached hydrogens (tertiary/aromatic N) is 1. The van der Waals surface area contributed by atoms with E-state index in [9.17, 15) is 8.42 Å². The summed E-state index contributed by atoms with van der Waals surface area (Å²) in [5, 5.41) is 0. The van der Waals surface area contributed by atoms with Crippen LogP contribution in [0, 0.1) is 0 Å². The Balaban J connectivity index is 0.00000256. The van der Waals surface area contributed by atoms with E-state index in [1.807, 2.05) is 0 Å². The van der Waals surface area contributed by atoms with Crippen LogP contribution in [0.5, 0.6) is 5.88 Å². The van der Waals surface area contributed by atoms with E-state index in [-0.39, 0.29) is 29.9 Å².